The molecule has 3 rings (SSSR count). The Bertz CT molecular complexity index is 712. The largest absolute Gasteiger partial charge is 0.351 e. The van der Waals surface area contributed by atoms with E-state index in [1.807, 2.05) is 31.2 Å². The van der Waals surface area contributed by atoms with Crippen molar-refractivity contribution in [3.8, 4) is 0 Å². The molecule has 1 heterocycles. The maximum absolute atomic E-state index is 12.3. The number of benzene rings is 2. The van der Waals surface area contributed by atoms with Crippen molar-refractivity contribution in [3.05, 3.63) is 64.7 Å². The molecule has 1 unspecified atom stereocenters. The van der Waals surface area contributed by atoms with Crippen molar-refractivity contribution in [2.45, 2.75) is 43.0 Å². The van der Waals surface area contributed by atoms with E-state index in [-0.39, 0.29) is 11.2 Å². The molecule has 2 aromatic carbocycles. The summed E-state index contributed by atoms with van der Waals surface area (Å²) in [5, 5.41) is 3.59. The van der Waals surface area contributed by atoms with Crippen LogP contribution in [-0.2, 0) is 17.9 Å². The van der Waals surface area contributed by atoms with Gasteiger partial charge in [-0.05, 0) is 68.2 Å². The molecule has 1 aliphatic heterocycles. The summed E-state index contributed by atoms with van der Waals surface area (Å²) in [6.45, 7) is 5.94. The highest BCUT2D eigenvalue weighted by Gasteiger charge is 2.14. The third kappa shape index (κ3) is 5.76. The summed E-state index contributed by atoms with van der Waals surface area (Å²) in [4.78, 5) is 15.9. The Morgan fingerprint density at radius 2 is 1.69 bits per heavy atom. The third-order valence-electron chi connectivity index (χ3n) is 4.59. The van der Waals surface area contributed by atoms with E-state index in [9.17, 15) is 4.79 Å². The first-order chi connectivity index (χ1) is 12.6. The van der Waals surface area contributed by atoms with Gasteiger partial charge in [-0.1, -0.05) is 35.9 Å². The number of carbonyl (C=O) groups excluding carboxylic acids is 1. The Morgan fingerprint density at radius 1 is 1.08 bits per heavy atom. The second-order valence-electron chi connectivity index (χ2n) is 6.73. The van der Waals surface area contributed by atoms with Crippen molar-refractivity contribution in [1.29, 1.82) is 0 Å². The summed E-state index contributed by atoms with van der Waals surface area (Å²) >= 11 is 7.44. The summed E-state index contributed by atoms with van der Waals surface area (Å²) < 4.78 is 0. The lowest BCUT2D eigenvalue weighted by Gasteiger charge is -2.15. The SMILES string of the molecule is CC(Sc1ccc(Cl)cc1)C(=O)NCc1ccc(CN2CCCC2)cc1. The van der Waals surface area contributed by atoms with E-state index in [1.54, 1.807) is 0 Å². The molecule has 1 fully saturated rings. The van der Waals surface area contributed by atoms with Crippen LogP contribution in [0.3, 0.4) is 0 Å². The Labute approximate surface area is 165 Å². The van der Waals surface area contributed by atoms with E-state index in [4.69, 9.17) is 11.6 Å². The molecule has 5 heteroatoms. The van der Waals surface area contributed by atoms with E-state index in [0.717, 1.165) is 17.0 Å². The number of likely N-dealkylation sites (tertiary alicyclic amines) is 1. The van der Waals surface area contributed by atoms with Crippen LogP contribution in [-0.4, -0.2) is 29.1 Å². The zero-order valence-corrected chi connectivity index (χ0v) is 16.7. The number of hydrogen-bond donors (Lipinski definition) is 1. The van der Waals surface area contributed by atoms with Crippen LogP contribution >= 0.6 is 23.4 Å². The van der Waals surface area contributed by atoms with E-state index >= 15 is 0 Å². The highest BCUT2D eigenvalue weighted by molar-refractivity contribution is 8.00. The van der Waals surface area contributed by atoms with Gasteiger partial charge >= 0.3 is 0 Å². The molecule has 138 valence electrons. The Hall–Kier alpha value is -1.49. The minimum atomic E-state index is -0.148. The van der Waals surface area contributed by atoms with E-state index in [1.165, 1.54) is 43.3 Å². The van der Waals surface area contributed by atoms with Crippen molar-refractivity contribution >= 4 is 29.3 Å². The molecular formula is C21H25ClN2OS. The van der Waals surface area contributed by atoms with Crippen LogP contribution in [0.5, 0.6) is 0 Å². The van der Waals surface area contributed by atoms with Gasteiger partial charge in [0.15, 0.2) is 0 Å². The molecule has 0 bridgehead atoms. The van der Waals surface area contributed by atoms with Gasteiger partial charge < -0.3 is 5.32 Å². The van der Waals surface area contributed by atoms with Gasteiger partial charge in [-0.25, -0.2) is 0 Å². The third-order valence-corrected chi connectivity index (χ3v) is 5.95. The first kappa shape index (κ1) is 19.3. The molecule has 1 amide bonds. The lowest BCUT2D eigenvalue weighted by atomic mass is 10.1. The summed E-state index contributed by atoms with van der Waals surface area (Å²) in [5.41, 5.74) is 2.47. The highest BCUT2D eigenvalue weighted by Crippen LogP contribution is 2.24. The molecule has 0 spiro atoms. The average molecular weight is 389 g/mol. The van der Waals surface area contributed by atoms with Gasteiger partial charge in [-0.2, -0.15) is 0 Å². The minimum Gasteiger partial charge on any atom is -0.351 e. The van der Waals surface area contributed by atoms with E-state index < -0.39 is 0 Å². The molecule has 26 heavy (non-hydrogen) atoms. The number of thioether (sulfide) groups is 1. The lowest BCUT2D eigenvalue weighted by molar-refractivity contribution is -0.120. The number of amides is 1. The van der Waals surface area contributed by atoms with Crippen LogP contribution in [0.1, 0.15) is 30.9 Å². The predicted octanol–water partition coefficient (Wildman–Crippen LogP) is 4.73. The molecule has 1 atom stereocenters. The van der Waals surface area contributed by atoms with Gasteiger partial charge in [-0.15, -0.1) is 11.8 Å². The topological polar surface area (TPSA) is 32.3 Å². The molecule has 2 aromatic rings. The van der Waals surface area contributed by atoms with Crippen molar-refractivity contribution in [2.24, 2.45) is 0 Å². The summed E-state index contributed by atoms with van der Waals surface area (Å²) in [7, 11) is 0. The number of rotatable bonds is 7. The molecule has 1 aliphatic rings. The molecule has 1 saturated heterocycles. The maximum atomic E-state index is 12.3. The Kier molecular flexibility index (Phi) is 7.00. The summed E-state index contributed by atoms with van der Waals surface area (Å²) in [6, 6.07) is 16.1. The fraction of sp³-hybridized carbons (Fsp3) is 0.381. The van der Waals surface area contributed by atoms with Crippen molar-refractivity contribution < 1.29 is 4.79 Å². The zero-order chi connectivity index (χ0) is 18.4. The van der Waals surface area contributed by atoms with Crippen LogP contribution in [0.15, 0.2) is 53.4 Å². The zero-order valence-electron chi connectivity index (χ0n) is 15.1. The quantitative estimate of drug-likeness (QED) is 0.695. The van der Waals surface area contributed by atoms with Gasteiger partial charge in [0, 0.05) is 23.0 Å². The summed E-state index contributed by atoms with van der Waals surface area (Å²) in [5.74, 6) is 0.0473. The minimum absolute atomic E-state index is 0.0473. The number of halogens is 1. The number of nitrogens with one attached hydrogen (secondary N) is 1. The second-order valence-corrected chi connectivity index (χ2v) is 8.58. The first-order valence-electron chi connectivity index (χ1n) is 9.10. The predicted molar refractivity (Wildman–Crippen MR) is 110 cm³/mol. The van der Waals surface area contributed by atoms with Gasteiger partial charge in [-0.3, -0.25) is 9.69 Å². The maximum Gasteiger partial charge on any atom is 0.233 e. The average Bonchev–Trinajstić information content (AvgIpc) is 3.16. The van der Waals surface area contributed by atoms with Crippen LogP contribution in [0.4, 0.5) is 0 Å². The van der Waals surface area contributed by atoms with E-state index in [2.05, 4.69) is 34.5 Å². The van der Waals surface area contributed by atoms with Crippen molar-refractivity contribution in [2.75, 3.05) is 13.1 Å². The Balaban J connectivity index is 1.45. The lowest BCUT2D eigenvalue weighted by Crippen LogP contribution is -2.30. The molecule has 3 nitrogen and oxygen atoms in total. The van der Waals surface area contributed by atoms with Crippen LogP contribution < -0.4 is 5.32 Å². The highest BCUT2D eigenvalue weighted by atomic mass is 35.5. The van der Waals surface area contributed by atoms with Crippen molar-refractivity contribution in [1.82, 2.24) is 10.2 Å². The fourth-order valence-electron chi connectivity index (χ4n) is 3.07. The second kappa shape index (κ2) is 9.45. The van der Waals surface area contributed by atoms with Crippen LogP contribution in [0.25, 0.3) is 0 Å². The fourth-order valence-corrected chi connectivity index (χ4v) is 4.08. The smallest absolute Gasteiger partial charge is 0.233 e. The number of carbonyl (C=O) groups is 1. The molecular weight excluding hydrogens is 364 g/mol. The van der Waals surface area contributed by atoms with Gasteiger partial charge in [0.05, 0.1) is 5.25 Å². The number of nitrogens with zero attached hydrogens (tertiary/aromatic N) is 1. The normalized spacial score (nSPS) is 15.8. The number of hydrogen-bond acceptors (Lipinski definition) is 3. The standard InChI is InChI=1S/C21H25ClN2OS/c1-16(26-20-10-8-19(22)9-11-20)21(25)23-14-17-4-6-18(7-5-17)15-24-12-2-3-13-24/h4-11,16H,2-3,12-15H2,1H3,(H,23,25). The monoisotopic (exact) mass is 388 g/mol. The van der Waals surface area contributed by atoms with Gasteiger partial charge in [0.1, 0.15) is 0 Å². The van der Waals surface area contributed by atoms with E-state index in [0.29, 0.717) is 11.6 Å². The summed E-state index contributed by atoms with van der Waals surface area (Å²) in [6.07, 6.45) is 2.63. The molecule has 1 N–H and O–H groups in total. The molecule has 0 radical (unpaired) electrons. The van der Waals surface area contributed by atoms with Gasteiger partial charge in [0.25, 0.3) is 0 Å². The Morgan fingerprint density at radius 3 is 2.35 bits per heavy atom. The van der Waals surface area contributed by atoms with Crippen LogP contribution in [0, 0.1) is 0 Å². The van der Waals surface area contributed by atoms with Crippen LogP contribution in [0.2, 0.25) is 5.02 Å². The first-order valence-corrected chi connectivity index (χ1v) is 10.4. The van der Waals surface area contributed by atoms with Crippen molar-refractivity contribution in [3.63, 3.8) is 0 Å². The molecule has 0 aromatic heterocycles. The molecule has 0 aliphatic carbocycles. The van der Waals surface area contributed by atoms with Gasteiger partial charge in [0.2, 0.25) is 5.91 Å². The molecule has 0 saturated carbocycles.